The van der Waals surface area contributed by atoms with Gasteiger partial charge in [0.1, 0.15) is 0 Å². The maximum Gasteiger partial charge on any atom is 0.194 e. The minimum absolute atomic E-state index is 0.376. The van der Waals surface area contributed by atoms with Crippen LogP contribution < -0.4 is 0 Å². The smallest absolute Gasteiger partial charge is 0.194 e. The van der Waals surface area contributed by atoms with Gasteiger partial charge in [-0.2, -0.15) is 0 Å². The van der Waals surface area contributed by atoms with Gasteiger partial charge in [0.05, 0.1) is 0 Å². The molecule has 4 rings (SSSR count). The van der Waals surface area contributed by atoms with E-state index in [0.717, 1.165) is 30.4 Å². The SMILES string of the molecule is CCCC1CCC(CCc2ccc(-c3cc(F)c(F)c(F)c3)cc2)(C2CCCCC2)CC1. The highest BCUT2D eigenvalue weighted by atomic mass is 19.2. The highest BCUT2D eigenvalue weighted by Gasteiger charge is 2.41. The van der Waals surface area contributed by atoms with Crippen molar-refractivity contribution in [1.82, 2.24) is 0 Å². The van der Waals surface area contributed by atoms with Gasteiger partial charge < -0.3 is 0 Å². The van der Waals surface area contributed by atoms with E-state index in [1.165, 1.54) is 82.6 Å². The Morgan fingerprint density at radius 1 is 0.812 bits per heavy atom. The Labute approximate surface area is 191 Å². The number of rotatable bonds is 7. The molecule has 0 spiro atoms. The van der Waals surface area contributed by atoms with Crippen LogP contribution >= 0.6 is 0 Å². The van der Waals surface area contributed by atoms with Gasteiger partial charge in [0.25, 0.3) is 0 Å². The van der Waals surface area contributed by atoms with Crippen molar-refractivity contribution in [2.24, 2.45) is 17.3 Å². The molecule has 2 fully saturated rings. The fourth-order valence-electron chi connectivity index (χ4n) is 6.51. The minimum Gasteiger partial charge on any atom is -0.204 e. The molecule has 0 bridgehead atoms. The molecule has 2 saturated carbocycles. The summed E-state index contributed by atoms with van der Waals surface area (Å²) in [5.41, 5.74) is 2.86. The van der Waals surface area contributed by atoms with Crippen molar-refractivity contribution in [1.29, 1.82) is 0 Å². The Morgan fingerprint density at radius 3 is 2.03 bits per heavy atom. The van der Waals surface area contributed by atoms with E-state index in [9.17, 15) is 13.2 Å². The standard InChI is InChI=1S/C29H37F3/c1-2-6-21-13-16-29(17-14-21,25-7-4-3-5-8-25)18-15-22-9-11-23(12-10-22)24-19-26(30)28(32)27(31)20-24/h9-12,19-21,25H,2-8,13-18H2,1H3. The molecule has 0 radical (unpaired) electrons. The zero-order valence-corrected chi connectivity index (χ0v) is 19.4. The monoisotopic (exact) mass is 442 g/mol. The largest absolute Gasteiger partial charge is 0.204 e. The summed E-state index contributed by atoms with van der Waals surface area (Å²) in [5.74, 6) is -1.89. The predicted octanol–water partition coefficient (Wildman–Crippen LogP) is 9.26. The number of benzene rings is 2. The summed E-state index contributed by atoms with van der Waals surface area (Å²) in [4.78, 5) is 0. The number of halogens is 3. The van der Waals surface area contributed by atoms with Crippen molar-refractivity contribution >= 4 is 0 Å². The summed E-state index contributed by atoms with van der Waals surface area (Å²) in [6.07, 6.45) is 17.5. The Balaban J connectivity index is 1.45. The Hall–Kier alpha value is -1.77. The first kappa shape index (κ1) is 23.4. The first-order valence-electron chi connectivity index (χ1n) is 12.7. The van der Waals surface area contributed by atoms with Crippen LogP contribution in [0, 0.1) is 34.7 Å². The van der Waals surface area contributed by atoms with E-state index in [1.54, 1.807) is 0 Å². The van der Waals surface area contributed by atoms with Crippen LogP contribution in [0.15, 0.2) is 36.4 Å². The van der Waals surface area contributed by atoms with Crippen molar-refractivity contribution in [3.8, 4) is 11.1 Å². The second-order valence-corrected chi connectivity index (χ2v) is 10.4. The highest BCUT2D eigenvalue weighted by Crippen LogP contribution is 2.52. The van der Waals surface area contributed by atoms with Crippen LogP contribution in [0.3, 0.4) is 0 Å². The predicted molar refractivity (Wildman–Crippen MR) is 126 cm³/mol. The molecule has 0 N–H and O–H groups in total. The lowest BCUT2D eigenvalue weighted by atomic mass is 9.58. The third kappa shape index (κ3) is 5.24. The van der Waals surface area contributed by atoms with E-state index in [1.807, 2.05) is 12.1 Å². The van der Waals surface area contributed by atoms with E-state index in [0.29, 0.717) is 16.5 Å². The molecular weight excluding hydrogens is 405 g/mol. The lowest BCUT2D eigenvalue weighted by Crippen LogP contribution is -2.36. The second-order valence-electron chi connectivity index (χ2n) is 10.4. The molecule has 0 saturated heterocycles. The fourth-order valence-corrected chi connectivity index (χ4v) is 6.51. The van der Waals surface area contributed by atoms with Crippen molar-refractivity contribution in [2.75, 3.05) is 0 Å². The summed E-state index contributed by atoms with van der Waals surface area (Å²) in [5, 5.41) is 0. The van der Waals surface area contributed by atoms with E-state index >= 15 is 0 Å². The molecule has 2 aliphatic rings. The van der Waals surface area contributed by atoms with Crippen LogP contribution in [0.1, 0.15) is 89.5 Å². The van der Waals surface area contributed by atoms with E-state index in [-0.39, 0.29) is 0 Å². The number of hydrogen-bond donors (Lipinski definition) is 0. The van der Waals surface area contributed by atoms with Gasteiger partial charge in [0, 0.05) is 0 Å². The Kier molecular flexibility index (Phi) is 7.63. The van der Waals surface area contributed by atoms with E-state index in [2.05, 4.69) is 19.1 Å². The topological polar surface area (TPSA) is 0 Å². The quantitative estimate of drug-likeness (QED) is 0.375. The molecule has 0 amide bonds. The zero-order chi connectivity index (χ0) is 22.6. The highest BCUT2D eigenvalue weighted by molar-refractivity contribution is 5.63. The van der Waals surface area contributed by atoms with Gasteiger partial charge in [-0.3, -0.25) is 0 Å². The molecule has 0 aromatic heterocycles. The van der Waals surface area contributed by atoms with E-state index < -0.39 is 17.5 Å². The Bertz CT molecular complexity index is 849. The third-order valence-corrected chi connectivity index (χ3v) is 8.45. The molecule has 2 aromatic carbocycles. The third-order valence-electron chi connectivity index (χ3n) is 8.45. The van der Waals surface area contributed by atoms with Crippen LogP contribution in [0.5, 0.6) is 0 Å². The average molecular weight is 443 g/mol. The van der Waals surface area contributed by atoms with Crippen molar-refractivity contribution in [3.63, 3.8) is 0 Å². The van der Waals surface area contributed by atoms with E-state index in [4.69, 9.17) is 0 Å². The summed E-state index contributed by atoms with van der Waals surface area (Å²) in [6, 6.07) is 10.1. The van der Waals surface area contributed by atoms with Gasteiger partial charge in [-0.25, -0.2) is 13.2 Å². The maximum absolute atomic E-state index is 13.6. The molecule has 2 aromatic rings. The molecule has 174 valence electrons. The van der Waals surface area contributed by atoms with Gasteiger partial charge in [-0.1, -0.05) is 63.3 Å². The van der Waals surface area contributed by atoms with Gasteiger partial charge in [0.2, 0.25) is 0 Å². The van der Waals surface area contributed by atoms with Gasteiger partial charge in [-0.15, -0.1) is 0 Å². The average Bonchev–Trinajstić information content (AvgIpc) is 2.83. The van der Waals surface area contributed by atoms with Crippen molar-refractivity contribution in [2.45, 2.75) is 90.4 Å². The molecule has 0 atom stereocenters. The van der Waals surface area contributed by atoms with Crippen molar-refractivity contribution in [3.05, 3.63) is 59.4 Å². The summed E-state index contributed by atoms with van der Waals surface area (Å²) >= 11 is 0. The second kappa shape index (κ2) is 10.4. The molecule has 2 aliphatic carbocycles. The number of hydrogen-bond acceptors (Lipinski definition) is 0. The van der Waals surface area contributed by atoms with Crippen LogP contribution in [0.25, 0.3) is 11.1 Å². The number of aryl methyl sites for hydroxylation is 1. The summed E-state index contributed by atoms with van der Waals surface area (Å²) < 4.78 is 40.5. The van der Waals surface area contributed by atoms with Crippen LogP contribution in [0.2, 0.25) is 0 Å². The minimum atomic E-state index is -1.41. The van der Waals surface area contributed by atoms with Crippen LogP contribution in [0.4, 0.5) is 13.2 Å². The van der Waals surface area contributed by atoms with Crippen LogP contribution in [-0.2, 0) is 6.42 Å². The molecular formula is C29H37F3. The summed E-state index contributed by atoms with van der Waals surface area (Å²) in [7, 11) is 0. The van der Waals surface area contributed by atoms with Crippen LogP contribution in [-0.4, -0.2) is 0 Å². The fraction of sp³-hybridized carbons (Fsp3) is 0.586. The van der Waals surface area contributed by atoms with Crippen molar-refractivity contribution < 1.29 is 13.2 Å². The molecule has 3 heteroatoms. The maximum atomic E-state index is 13.6. The normalized spacial score (nSPS) is 24.6. The summed E-state index contributed by atoms with van der Waals surface area (Å²) in [6.45, 7) is 2.31. The lowest BCUT2D eigenvalue weighted by molar-refractivity contribution is 0.0382. The molecule has 0 nitrogen and oxygen atoms in total. The zero-order valence-electron chi connectivity index (χ0n) is 19.4. The first-order chi connectivity index (χ1) is 15.5. The van der Waals surface area contributed by atoms with Gasteiger partial charge in [0.15, 0.2) is 17.5 Å². The lowest BCUT2D eigenvalue weighted by Gasteiger charge is -2.47. The molecule has 0 aliphatic heterocycles. The molecule has 0 unspecified atom stereocenters. The molecule has 0 heterocycles. The van der Waals surface area contributed by atoms with Gasteiger partial charge >= 0.3 is 0 Å². The first-order valence-corrected chi connectivity index (χ1v) is 12.7. The molecule has 32 heavy (non-hydrogen) atoms. The Morgan fingerprint density at radius 2 is 1.44 bits per heavy atom. The van der Waals surface area contributed by atoms with Gasteiger partial charge in [-0.05, 0) is 97.4 Å².